The van der Waals surface area contributed by atoms with Crippen molar-refractivity contribution in [3.63, 3.8) is 0 Å². The minimum absolute atomic E-state index is 0.0251. The number of Topliss-reactive ketones (excluding diaryl/α,β-unsaturated/α-hetero) is 1. The van der Waals surface area contributed by atoms with Crippen LogP contribution in [-0.2, 0) is 11.8 Å². The summed E-state index contributed by atoms with van der Waals surface area (Å²) < 4.78 is 5.36. The second kappa shape index (κ2) is 5.70. The summed E-state index contributed by atoms with van der Waals surface area (Å²) in [5, 5.41) is 10.2. The molecule has 0 saturated carbocycles. The van der Waals surface area contributed by atoms with Crippen LogP contribution in [0, 0.1) is 6.92 Å². The summed E-state index contributed by atoms with van der Waals surface area (Å²) in [6.45, 7) is 7.92. The van der Waals surface area contributed by atoms with E-state index in [0.717, 1.165) is 9.88 Å². The number of hydrogen-bond acceptors (Lipinski definition) is 5. The van der Waals surface area contributed by atoms with Crippen LogP contribution in [0.4, 0.5) is 0 Å². The maximum absolute atomic E-state index is 12.7. The maximum Gasteiger partial charge on any atom is 0.372 e. The molecule has 0 saturated heterocycles. The number of ketones is 1. The second-order valence-electron chi connectivity index (χ2n) is 6.98. The average Bonchev–Trinajstić information content (AvgIpc) is 3.07. The van der Waals surface area contributed by atoms with E-state index in [1.165, 1.54) is 0 Å². The fourth-order valence-corrected chi connectivity index (χ4v) is 3.72. The minimum Gasteiger partial charge on any atom is -0.475 e. The standard InChI is InChI=1S/C18H19NO4S/c1-9-13-12(23-15(9)16(21)22)6-5-10(14(13)20)7-11-8-19-17(24-11)18(2,3)4/h7-8H,5-6H2,1-4H3,(H,21,22)/b10-7+. The molecule has 0 atom stereocenters. The Hall–Kier alpha value is -2.21. The largest absolute Gasteiger partial charge is 0.475 e. The molecule has 0 radical (unpaired) electrons. The molecule has 0 unspecified atom stereocenters. The number of allylic oxidation sites excluding steroid dienone is 1. The molecular formula is C18H19NO4S. The van der Waals surface area contributed by atoms with Gasteiger partial charge >= 0.3 is 5.97 Å². The monoisotopic (exact) mass is 345 g/mol. The first-order chi connectivity index (χ1) is 11.2. The van der Waals surface area contributed by atoms with Crippen LogP contribution in [-0.4, -0.2) is 21.8 Å². The number of hydrogen-bond donors (Lipinski definition) is 1. The predicted octanol–water partition coefficient (Wildman–Crippen LogP) is 4.25. The quantitative estimate of drug-likeness (QED) is 0.823. The van der Waals surface area contributed by atoms with Gasteiger partial charge in [0.1, 0.15) is 5.76 Å². The summed E-state index contributed by atoms with van der Waals surface area (Å²) in [5.41, 5.74) is 1.47. The molecule has 3 rings (SSSR count). The van der Waals surface area contributed by atoms with Gasteiger partial charge in [0.25, 0.3) is 0 Å². The Morgan fingerprint density at radius 1 is 1.38 bits per heavy atom. The highest BCUT2D eigenvalue weighted by molar-refractivity contribution is 7.12. The number of furan rings is 1. The predicted molar refractivity (Wildman–Crippen MR) is 91.8 cm³/mol. The van der Waals surface area contributed by atoms with E-state index in [1.54, 1.807) is 24.5 Å². The van der Waals surface area contributed by atoms with E-state index in [1.807, 2.05) is 6.08 Å². The van der Waals surface area contributed by atoms with Crippen molar-refractivity contribution in [2.45, 2.75) is 46.0 Å². The zero-order valence-electron chi connectivity index (χ0n) is 14.1. The number of thiazole rings is 1. The van der Waals surface area contributed by atoms with E-state index in [4.69, 9.17) is 9.52 Å². The normalized spacial score (nSPS) is 16.5. The van der Waals surface area contributed by atoms with Crippen LogP contribution in [0.25, 0.3) is 6.08 Å². The Kier molecular flexibility index (Phi) is 3.95. The van der Waals surface area contributed by atoms with Crippen molar-refractivity contribution in [3.05, 3.63) is 44.3 Å². The Morgan fingerprint density at radius 3 is 2.67 bits per heavy atom. The van der Waals surface area contributed by atoms with Gasteiger partial charge in [0, 0.05) is 34.0 Å². The van der Waals surface area contributed by atoms with Gasteiger partial charge in [-0.3, -0.25) is 4.79 Å². The summed E-state index contributed by atoms with van der Waals surface area (Å²) >= 11 is 1.57. The zero-order valence-corrected chi connectivity index (χ0v) is 14.9. The van der Waals surface area contributed by atoms with E-state index in [9.17, 15) is 9.59 Å². The lowest BCUT2D eigenvalue weighted by Crippen LogP contribution is -2.13. The number of carbonyl (C=O) groups is 2. The van der Waals surface area contributed by atoms with Gasteiger partial charge in [0.2, 0.25) is 5.76 Å². The van der Waals surface area contributed by atoms with E-state index in [-0.39, 0.29) is 17.0 Å². The van der Waals surface area contributed by atoms with Gasteiger partial charge in [-0.05, 0) is 19.4 Å². The van der Waals surface area contributed by atoms with Gasteiger partial charge in [0.15, 0.2) is 5.78 Å². The van der Waals surface area contributed by atoms with Gasteiger partial charge in [-0.15, -0.1) is 11.3 Å². The number of aromatic carboxylic acids is 1. The average molecular weight is 345 g/mol. The first-order valence-corrected chi connectivity index (χ1v) is 8.57. The van der Waals surface area contributed by atoms with Crippen LogP contribution in [0.1, 0.15) is 69.3 Å². The highest BCUT2D eigenvalue weighted by Gasteiger charge is 2.31. The molecule has 1 aliphatic rings. The highest BCUT2D eigenvalue weighted by atomic mass is 32.1. The Labute approximate surface area is 144 Å². The summed E-state index contributed by atoms with van der Waals surface area (Å²) in [7, 11) is 0. The van der Waals surface area contributed by atoms with Crippen molar-refractivity contribution in [1.82, 2.24) is 4.98 Å². The molecule has 0 amide bonds. The van der Waals surface area contributed by atoms with Crippen molar-refractivity contribution in [2.75, 3.05) is 0 Å². The van der Waals surface area contributed by atoms with Crippen molar-refractivity contribution < 1.29 is 19.1 Å². The van der Waals surface area contributed by atoms with E-state index in [0.29, 0.717) is 35.3 Å². The van der Waals surface area contributed by atoms with Gasteiger partial charge < -0.3 is 9.52 Å². The fraction of sp³-hybridized carbons (Fsp3) is 0.389. The number of nitrogens with zero attached hydrogens (tertiary/aromatic N) is 1. The van der Waals surface area contributed by atoms with Crippen molar-refractivity contribution in [1.29, 1.82) is 0 Å². The number of aromatic nitrogens is 1. The van der Waals surface area contributed by atoms with E-state index >= 15 is 0 Å². The molecule has 0 bridgehead atoms. The first-order valence-electron chi connectivity index (χ1n) is 7.75. The molecule has 0 aliphatic heterocycles. The van der Waals surface area contributed by atoms with Crippen molar-refractivity contribution in [2.24, 2.45) is 0 Å². The van der Waals surface area contributed by atoms with Crippen LogP contribution in [0.5, 0.6) is 0 Å². The lowest BCUT2D eigenvalue weighted by atomic mass is 9.89. The molecule has 6 heteroatoms. The lowest BCUT2D eigenvalue weighted by molar-refractivity contribution is 0.0659. The van der Waals surface area contributed by atoms with Crippen LogP contribution >= 0.6 is 11.3 Å². The van der Waals surface area contributed by atoms with E-state index in [2.05, 4.69) is 25.8 Å². The number of carbonyl (C=O) groups excluding carboxylic acids is 1. The lowest BCUT2D eigenvalue weighted by Gasteiger charge is -2.14. The van der Waals surface area contributed by atoms with Crippen molar-refractivity contribution in [3.8, 4) is 0 Å². The SMILES string of the molecule is Cc1c(C(=O)O)oc2c1C(=O)/C(=C/c1cnc(C(C)(C)C)s1)CC2. The zero-order chi connectivity index (χ0) is 17.6. The van der Waals surface area contributed by atoms with Crippen molar-refractivity contribution >= 4 is 29.2 Å². The minimum atomic E-state index is -1.14. The summed E-state index contributed by atoms with van der Waals surface area (Å²) in [6, 6.07) is 0. The first kappa shape index (κ1) is 16.6. The smallest absolute Gasteiger partial charge is 0.372 e. The molecule has 2 heterocycles. The molecule has 126 valence electrons. The van der Waals surface area contributed by atoms with Gasteiger partial charge in [0.05, 0.1) is 10.6 Å². The Balaban J connectivity index is 1.96. The highest BCUT2D eigenvalue weighted by Crippen LogP contribution is 2.34. The van der Waals surface area contributed by atoms with Crippen LogP contribution in [0.3, 0.4) is 0 Å². The Morgan fingerprint density at radius 2 is 2.08 bits per heavy atom. The third-order valence-electron chi connectivity index (χ3n) is 4.04. The number of fused-ring (bicyclic) bond motifs is 1. The molecule has 24 heavy (non-hydrogen) atoms. The molecule has 0 aromatic carbocycles. The maximum atomic E-state index is 12.7. The Bertz CT molecular complexity index is 864. The molecule has 1 N–H and O–H groups in total. The molecular weight excluding hydrogens is 326 g/mol. The number of carboxylic acids is 1. The molecule has 5 nitrogen and oxygen atoms in total. The van der Waals surface area contributed by atoms with Crippen LogP contribution in [0.2, 0.25) is 0 Å². The second-order valence-corrected chi connectivity index (χ2v) is 8.04. The fourth-order valence-electron chi connectivity index (χ4n) is 2.78. The summed E-state index contributed by atoms with van der Waals surface area (Å²) in [4.78, 5) is 29.3. The third kappa shape index (κ3) is 2.82. The number of carboxylic acid groups (broad SMARTS) is 1. The topological polar surface area (TPSA) is 80.4 Å². The summed E-state index contributed by atoms with van der Waals surface area (Å²) in [6.07, 6.45) is 4.73. The van der Waals surface area contributed by atoms with E-state index < -0.39 is 5.97 Å². The van der Waals surface area contributed by atoms with Crippen LogP contribution < -0.4 is 0 Å². The molecule has 2 aromatic rings. The molecule has 1 aliphatic carbocycles. The number of rotatable bonds is 2. The molecule has 2 aromatic heterocycles. The summed E-state index contributed by atoms with van der Waals surface area (Å²) in [5.74, 6) is -0.942. The molecule has 0 spiro atoms. The number of aryl methyl sites for hydroxylation is 1. The molecule has 0 fully saturated rings. The third-order valence-corrected chi connectivity index (χ3v) is 5.41. The van der Waals surface area contributed by atoms with Gasteiger partial charge in [-0.1, -0.05) is 20.8 Å². The van der Waals surface area contributed by atoms with Crippen LogP contribution in [0.15, 0.2) is 16.2 Å². The van der Waals surface area contributed by atoms with Gasteiger partial charge in [-0.2, -0.15) is 0 Å². The van der Waals surface area contributed by atoms with Gasteiger partial charge in [-0.25, -0.2) is 9.78 Å².